The predicted octanol–water partition coefficient (Wildman–Crippen LogP) is 3.04. The van der Waals surface area contributed by atoms with Crippen LogP contribution in [0.3, 0.4) is 0 Å². The third-order valence-corrected chi connectivity index (χ3v) is 5.45. The molecule has 7 heteroatoms. The van der Waals surface area contributed by atoms with Gasteiger partial charge in [-0.3, -0.25) is 9.59 Å². The van der Waals surface area contributed by atoms with E-state index in [1.54, 1.807) is 15.8 Å². The highest BCUT2D eigenvalue weighted by molar-refractivity contribution is 5.97. The van der Waals surface area contributed by atoms with Crippen molar-refractivity contribution in [2.24, 2.45) is 5.92 Å². The Morgan fingerprint density at radius 1 is 1.13 bits per heavy atom. The SMILES string of the molecule is CCCNC(=O)[C@H]1CCCN(C(=O)c2cnn(-c3ccccc3)c2-n2cccc2)C1. The number of aromatic nitrogens is 3. The van der Waals surface area contributed by atoms with E-state index in [-0.39, 0.29) is 17.7 Å². The van der Waals surface area contributed by atoms with Gasteiger partial charge in [0.25, 0.3) is 5.91 Å². The Morgan fingerprint density at radius 2 is 1.90 bits per heavy atom. The molecule has 3 heterocycles. The molecule has 1 N–H and O–H groups in total. The van der Waals surface area contributed by atoms with Crippen molar-refractivity contribution in [2.45, 2.75) is 26.2 Å². The monoisotopic (exact) mass is 405 g/mol. The normalized spacial score (nSPS) is 16.4. The Kier molecular flexibility index (Phi) is 5.97. The number of benzene rings is 1. The van der Waals surface area contributed by atoms with Gasteiger partial charge >= 0.3 is 0 Å². The molecule has 1 aromatic carbocycles. The number of hydrogen-bond acceptors (Lipinski definition) is 3. The molecular weight excluding hydrogens is 378 g/mol. The summed E-state index contributed by atoms with van der Waals surface area (Å²) >= 11 is 0. The molecule has 1 aliphatic heterocycles. The van der Waals surface area contributed by atoms with Crippen molar-refractivity contribution in [3.8, 4) is 11.5 Å². The highest BCUT2D eigenvalue weighted by Crippen LogP contribution is 2.24. The fourth-order valence-corrected chi connectivity index (χ4v) is 3.91. The van der Waals surface area contributed by atoms with E-state index in [2.05, 4.69) is 10.4 Å². The lowest BCUT2D eigenvalue weighted by Crippen LogP contribution is -2.45. The largest absolute Gasteiger partial charge is 0.356 e. The van der Waals surface area contributed by atoms with Crippen molar-refractivity contribution in [1.82, 2.24) is 24.6 Å². The minimum Gasteiger partial charge on any atom is -0.356 e. The van der Waals surface area contributed by atoms with Crippen LogP contribution in [0.2, 0.25) is 0 Å². The molecule has 1 saturated heterocycles. The molecule has 1 fully saturated rings. The fraction of sp³-hybridized carbons (Fsp3) is 0.348. The minimum atomic E-state index is -0.159. The van der Waals surface area contributed by atoms with Crippen molar-refractivity contribution < 1.29 is 9.59 Å². The lowest BCUT2D eigenvalue weighted by molar-refractivity contribution is -0.126. The van der Waals surface area contributed by atoms with Crippen molar-refractivity contribution in [3.05, 3.63) is 66.6 Å². The molecule has 0 unspecified atom stereocenters. The third-order valence-electron chi connectivity index (χ3n) is 5.45. The number of nitrogens with one attached hydrogen (secondary N) is 1. The second kappa shape index (κ2) is 8.98. The van der Waals surface area contributed by atoms with Gasteiger partial charge in [-0.2, -0.15) is 5.10 Å². The van der Waals surface area contributed by atoms with Crippen LogP contribution in [-0.4, -0.2) is 50.7 Å². The molecular formula is C23H27N5O2. The summed E-state index contributed by atoms with van der Waals surface area (Å²) in [4.78, 5) is 27.7. The number of piperidine rings is 1. The second-order valence-corrected chi connectivity index (χ2v) is 7.60. The molecule has 2 aromatic heterocycles. The maximum atomic E-state index is 13.5. The first kappa shape index (κ1) is 19.9. The Balaban J connectivity index is 1.63. The van der Waals surface area contributed by atoms with Gasteiger partial charge in [-0.25, -0.2) is 4.68 Å². The van der Waals surface area contributed by atoms with Crippen molar-refractivity contribution in [1.29, 1.82) is 0 Å². The molecule has 0 spiro atoms. The summed E-state index contributed by atoms with van der Waals surface area (Å²) in [6.07, 6.45) is 7.98. The standard InChI is InChI=1S/C23H27N5O2/c1-2-12-24-21(29)18-9-8-15-27(17-18)23(30)20-16-25-28(19-10-4-3-5-11-19)22(20)26-13-6-7-14-26/h3-7,10-11,13-14,16,18H,2,8-9,12,15,17H2,1H3,(H,24,29)/t18-/m0/s1. The zero-order valence-electron chi connectivity index (χ0n) is 17.2. The van der Waals surface area contributed by atoms with Crippen LogP contribution in [0.5, 0.6) is 0 Å². The van der Waals surface area contributed by atoms with Gasteiger partial charge in [-0.1, -0.05) is 25.1 Å². The van der Waals surface area contributed by atoms with E-state index < -0.39 is 0 Å². The number of hydrogen-bond donors (Lipinski definition) is 1. The molecule has 1 atom stereocenters. The van der Waals surface area contributed by atoms with E-state index in [0.29, 0.717) is 31.0 Å². The van der Waals surface area contributed by atoms with Crippen molar-refractivity contribution >= 4 is 11.8 Å². The maximum absolute atomic E-state index is 13.5. The smallest absolute Gasteiger partial charge is 0.259 e. The lowest BCUT2D eigenvalue weighted by Gasteiger charge is -2.32. The summed E-state index contributed by atoms with van der Waals surface area (Å²) in [5, 5.41) is 7.49. The van der Waals surface area contributed by atoms with Crippen LogP contribution in [0, 0.1) is 5.92 Å². The molecule has 3 aromatic rings. The van der Waals surface area contributed by atoms with Gasteiger partial charge in [0.2, 0.25) is 5.91 Å². The maximum Gasteiger partial charge on any atom is 0.259 e. The molecule has 30 heavy (non-hydrogen) atoms. The first-order chi connectivity index (χ1) is 14.7. The highest BCUT2D eigenvalue weighted by Gasteiger charge is 2.31. The molecule has 0 bridgehead atoms. The lowest BCUT2D eigenvalue weighted by atomic mass is 9.96. The summed E-state index contributed by atoms with van der Waals surface area (Å²) in [5.74, 6) is 0.496. The molecule has 7 nitrogen and oxygen atoms in total. The highest BCUT2D eigenvalue weighted by atomic mass is 16.2. The number of nitrogens with zero attached hydrogens (tertiary/aromatic N) is 4. The van der Waals surface area contributed by atoms with Gasteiger partial charge < -0.3 is 14.8 Å². The first-order valence-electron chi connectivity index (χ1n) is 10.5. The molecule has 1 aliphatic rings. The number of rotatable bonds is 6. The Labute approximate surface area is 176 Å². The van der Waals surface area contributed by atoms with Crippen LogP contribution in [-0.2, 0) is 4.79 Å². The molecule has 156 valence electrons. The number of carbonyl (C=O) groups excluding carboxylic acids is 2. The molecule has 0 aliphatic carbocycles. The van der Waals surface area contributed by atoms with Gasteiger partial charge in [0.1, 0.15) is 5.56 Å². The summed E-state index contributed by atoms with van der Waals surface area (Å²) in [6.45, 7) is 3.79. The second-order valence-electron chi connectivity index (χ2n) is 7.60. The Bertz CT molecular complexity index is 994. The number of likely N-dealkylation sites (tertiary alicyclic amines) is 1. The van der Waals surface area contributed by atoms with E-state index in [1.807, 2.05) is 66.3 Å². The number of carbonyl (C=O) groups is 2. The average molecular weight is 406 g/mol. The quantitative estimate of drug-likeness (QED) is 0.685. The van der Waals surface area contributed by atoms with Crippen LogP contribution < -0.4 is 5.32 Å². The van der Waals surface area contributed by atoms with Crippen LogP contribution in [0.1, 0.15) is 36.5 Å². The van der Waals surface area contributed by atoms with Gasteiger partial charge in [0, 0.05) is 32.0 Å². The van der Waals surface area contributed by atoms with Crippen LogP contribution in [0.4, 0.5) is 0 Å². The van der Waals surface area contributed by atoms with E-state index >= 15 is 0 Å². The minimum absolute atomic E-state index is 0.0416. The summed E-state index contributed by atoms with van der Waals surface area (Å²) in [7, 11) is 0. The van der Waals surface area contributed by atoms with Crippen molar-refractivity contribution in [2.75, 3.05) is 19.6 Å². The fourth-order valence-electron chi connectivity index (χ4n) is 3.91. The third kappa shape index (κ3) is 4.01. The number of para-hydroxylation sites is 1. The van der Waals surface area contributed by atoms with Gasteiger partial charge in [-0.15, -0.1) is 0 Å². The average Bonchev–Trinajstić information content (AvgIpc) is 3.47. The van der Waals surface area contributed by atoms with E-state index in [1.165, 1.54) is 0 Å². The first-order valence-corrected chi connectivity index (χ1v) is 10.5. The van der Waals surface area contributed by atoms with E-state index in [4.69, 9.17) is 0 Å². The summed E-state index contributed by atoms with van der Waals surface area (Å²) in [6, 6.07) is 13.6. The number of amides is 2. The molecule has 4 rings (SSSR count). The zero-order chi connectivity index (χ0) is 20.9. The topological polar surface area (TPSA) is 72.2 Å². The Morgan fingerprint density at radius 3 is 2.63 bits per heavy atom. The zero-order valence-corrected chi connectivity index (χ0v) is 17.2. The summed E-state index contributed by atoms with van der Waals surface area (Å²) < 4.78 is 3.69. The van der Waals surface area contributed by atoms with E-state index in [9.17, 15) is 9.59 Å². The summed E-state index contributed by atoms with van der Waals surface area (Å²) in [5.41, 5.74) is 1.42. The molecule has 2 amide bonds. The molecule has 0 saturated carbocycles. The predicted molar refractivity (Wildman–Crippen MR) is 115 cm³/mol. The van der Waals surface area contributed by atoms with Gasteiger partial charge in [0.05, 0.1) is 17.8 Å². The molecule has 0 radical (unpaired) electrons. The van der Waals surface area contributed by atoms with E-state index in [0.717, 1.165) is 24.9 Å². The van der Waals surface area contributed by atoms with Gasteiger partial charge in [-0.05, 0) is 43.5 Å². The van der Waals surface area contributed by atoms with Crippen LogP contribution in [0.15, 0.2) is 61.1 Å². The van der Waals surface area contributed by atoms with Crippen molar-refractivity contribution in [3.63, 3.8) is 0 Å². The van der Waals surface area contributed by atoms with Crippen LogP contribution >= 0.6 is 0 Å². The Hall–Kier alpha value is -3.35. The van der Waals surface area contributed by atoms with Crippen LogP contribution in [0.25, 0.3) is 11.5 Å². The van der Waals surface area contributed by atoms with Gasteiger partial charge in [0.15, 0.2) is 5.82 Å².